The summed E-state index contributed by atoms with van der Waals surface area (Å²) >= 11 is 0. The molecule has 0 aliphatic heterocycles. The molecule has 0 aliphatic rings. The van der Waals surface area contributed by atoms with Crippen LogP contribution in [0.5, 0.6) is 0 Å². The highest BCUT2D eigenvalue weighted by Crippen LogP contribution is 2.32. The van der Waals surface area contributed by atoms with Gasteiger partial charge >= 0.3 is 0 Å². The van der Waals surface area contributed by atoms with Crippen molar-refractivity contribution in [3.8, 4) is 18.4 Å². The van der Waals surface area contributed by atoms with Crippen molar-refractivity contribution in [3.63, 3.8) is 0 Å². The normalized spacial score (nSPS) is 10.6. The number of nitriles is 1. The third kappa shape index (κ3) is 7.94. The van der Waals surface area contributed by atoms with Gasteiger partial charge in [-0.3, -0.25) is 0 Å². The fraction of sp³-hybridized carbons (Fsp3) is 0.444. The number of aromatic nitrogens is 1. The molecule has 0 fully saturated rings. The monoisotopic (exact) mass is 406 g/mol. The Morgan fingerprint density at radius 3 is 2.37 bits per heavy atom. The molecule has 30 heavy (non-hydrogen) atoms. The van der Waals surface area contributed by atoms with Crippen LogP contribution in [0.25, 0.3) is 16.5 Å². The molecule has 0 saturated heterocycles. The minimum Gasteiger partial charge on any atom is -0.396 e. The maximum Gasteiger partial charge on any atom is 0.0587 e. The van der Waals surface area contributed by atoms with Crippen LogP contribution < -0.4 is 0 Å². The number of terminal acetylenes is 1. The number of aliphatic hydroxyl groups is 1. The molecule has 0 spiro atoms. The zero-order valence-corrected chi connectivity index (χ0v) is 19.6. The zero-order valence-electron chi connectivity index (χ0n) is 19.6. The van der Waals surface area contributed by atoms with Gasteiger partial charge in [-0.25, -0.2) is 0 Å². The van der Waals surface area contributed by atoms with E-state index in [0.29, 0.717) is 0 Å². The number of hydrogen-bond donors (Lipinski definition) is 1. The summed E-state index contributed by atoms with van der Waals surface area (Å²) in [6.07, 6.45) is 15.3. The van der Waals surface area contributed by atoms with Gasteiger partial charge < -0.3 is 9.67 Å². The van der Waals surface area contributed by atoms with E-state index in [-0.39, 0.29) is 6.61 Å². The number of nitrogens with zero attached hydrogens (tertiary/aromatic N) is 2. The molecule has 2 aromatic rings. The summed E-state index contributed by atoms with van der Waals surface area (Å²) in [7, 11) is 0. The van der Waals surface area contributed by atoms with Crippen molar-refractivity contribution in [1.82, 2.24) is 4.57 Å². The Balaban J connectivity index is 0.00000125. The van der Waals surface area contributed by atoms with Gasteiger partial charge in [0.15, 0.2) is 0 Å². The molecule has 0 unspecified atom stereocenters. The van der Waals surface area contributed by atoms with Crippen molar-refractivity contribution >= 4 is 16.5 Å². The van der Waals surface area contributed by atoms with Crippen LogP contribution in [0, 0.1) is 30.6 Å². The molecule has 0 aliphatic carbocycles. The van der Waals surface area contributed by atoms with Gasteiger partial charge in [0.25, 0.3) is 0 Å². The Bertz CT molecular complexity index is 890. The Labute approximate surface area is 183 Å². The lowest BCUT2D eigenvalue weighted by Crippen LogP contribution is -2.00. The molecule has 2 rings (SSSR count). The van der Waals surface area contributed by atoms with E-state index in [4.69, 9.17) is 10.4 Å². The molecule has 1 heterocycles. The molecule has 3 nitrogen and oxygen atoms in total. The van der Waals surface area contributed by atoms with E-state index >= 15 is 0 Å². The van der Waals surface area contributed by atoms with Crippen LogP contribution in [0.3, 0.4) is 0 Å². The van der Waals surface area contributed by atoms with Crippen LogP contribution in [0.4, 0.5) is 0 Å². The largest absolute Gasteiger partial charge is 0.396 e. The molecule has 1 aromatic carbocycles. The van der Waals surface area contributed by atoms with E-state index in [0.717, 1.165) is 32.2 Å². The summed E-state index contributed by atoms with van der Waals surface area (Å²) in [4.78, 5) is 0. The quantitative estimate of drug-likeness (QED) is 0.297. The minimum atomic E-state index is 0.283. The highest BCUT2D eigenvalue weighted by atomic mass is 16.2. The third-order valence-electron chi connectivity index (χ3n) is 4.69. The Morgan fingerprint density at radius 1 is 1.23 bits per heavy atom. The molecule has 1 aromatic heterocycles. The van der Waals surface area contributed by atoms with E-state index in [1.807, 2.05) is 0 Å². The van der Waals surface area contributed by atoms with Gasteiger partial charge in [0, 0.05) is 31.0 Å². The van der Waals surface area contributed by atoms with Gasteiger partial charge in [-0.05, 0) is 76.1 Å². The summed E-state index contributed by atoms with van der Waals surface area (Å²) in [6, 6.07) is 8.60. The predicted molar refractivity (Wildman–Crippen MR) is 131 cm³/mol. The summed E-state index contributed by atoms with van der Waals surface area (Å²) < 4.78 is 2.44. The highest BCUT2D eigenvalue weighted by Gasteiger charge is 2.15. The number of hydrogen-bond acceptors (Lipinski definition) is 2. The van der Waals surface area contributed by atoms with Gasteiger partial charge in [0.1, 0.15) is 0 Å². The minimum absolute atomic E-state index is 0.283. The van der Waals surface area contributed by atoms with Crippen LogP contribution in [-0.4, -0.2) is 16.3 Å². The molecule has 0 bridgehead atoms. The summed E-state index contributed by atoms with van der Waals surface area (Å²) in [5.41, 5.74) is 6.70. The maximum atomic E-state index is 8.98. The average molecular weight is 407 g/mol. The smallest absolute Gasteiger partial charge is 0.0587 e. The third-order valence-corrected chi connectivity index (χ3v) is 4.69. The first-order valence-electron chi connectivity index (χ1n) is 10.7. The van der Waals surface area contributed by atoms with Crippen LogP contribution in [-0.2, 0) is 13.0 Å². The summed E-state index contributed by atoms with van der Waals surface area (Å²) in [5.74, 6) is 2.25. The molecular weight excluding hydrogens is 368 g/mol. The van der Waals surface area contributed by atoms with Crippen LogP contribution in [0.15, 0.2) is 36.4 Å². The van der Waals surface area contributed by atoms with Gasteiger partial charge in [0.05, 0.1) is 11.8 Å². The van der Waals surface area contributed by atoms with Gasteiger partial charge in [-0.2, -0.15) is 5.26 Å². The number of rotatable bonds is 8. The van der Waals surface area contributed by atoms with Crippen molar-refractivity contribution in [1.29, 1.82) is 5.26 Å². The molecule has 3 heteroatoms. The van der Waals surface area contributed by atoms with E-state index in [1.165, 1.54) is 40.2 Å². The molecule has 0 amide bonds. The molecule has 0 atom stereocenters. The van der Waals surface area contributed by atoms with Crippen molar-refractivity contribution < 1.29 is 5.11 Å². The van der Waals surface area contributed by atoms with Gasteiger partial charge in [-0.1, -0.05) is 37.3 Å². The molecule has 0 saturated carbocycles. The first-order chi connectivity index (χ1) is 14.5. The molecule has 1 N–H and O–H groups in total. The van der Waals surface area contributed by atoms with Crippen LogP contribution >= 0.6 is 0 Å². The van der Waals surface area contributed by atoms with Gasteiger partial charge in [0.2, 0.25) is 0 Å². The number of allylic oxidation sites excluding steroid dienone is 4. The van der Waals surface area contributed by atoms with Crippen LogP contribution in [0.2, 0.25) is 0 Å². The van der Waals surface area contributed by atoms with Crippen molar-refractivity contribution in [3.05, 3.63) is 53.2 Å². The molecule has 162 valence electrons. The fourth-order valence-electron chi connectivity index (χ4n) is 3.42. The summed E-state index contributed by atoms with van der Waals surface area (Å²) in [5, 5.41) is 17.6. The second-order valence-corrected chi connectivity index (χ2v) is 6.82. The fourth-order valence-corrected chi connectivity index (χ4v) is 3.42. The number of benzene rings is 1. The number of aryl methyl sites for hydroxylation is 3. The zero-order chi connectivity index (χ0) is 22.9. The lowest BCUT2D eigenvalue weighted by molar-refractivity contribution is 0.284. The maximum absolute atomic E-state index is 8.98. The Kier molecular flexibility index (Phi) is 14.6. The number of fused-ring (bicyclic) bond motifs is 1. The van der Waals surface area contributed by atoms with Crippen molar-refractivity contribution in [2.75, 3.05) is 6.61 Å². The number of aliphatic hydroxyl groups excluding tert-OH is 1. The van der Waals surface area contributed by atoms with E-state index in [2.05, 4.69) is 81.0 Å². The van der Waals surface area contributed by atoms with Crippen LogP contribution in [0.1, 0.15) is 70.7 Å². The molecular formula is C27H38N2O. The van der Waals surface area contributed by atoms with E-state index in [9.17, 15) is 0 Å². The second-order valence-electron chi connectivity index (χ2n) is 6.82. The predicted octanol–water partition coefficient (Wildman–Crippen LogP) is 6.82. The first-order valence-corrected chi connectivity index (χ1v) is 10.7. The van der Waals surface area contributed by atoms with Crippen molar-refractivity contribution in [2.24, 2.45) is 0 Å². The Hall–Kier alpha value is -2.75. The number of unbranched alkanes of at least 4 members (excludes halogenated alkanes) is 1. The van der Waals surface area contributed by atoms with E-state index < -0.39 is 0 Å². The lowest BCUT2D eigenvalue weighted by Gasteiger charge is -2.10. The second kappa shape index (κ2) is 16.1. The Morgan fingerprint density at radius 2 is 1.87 bits per heavy atom. The van der Waals surface area contributed by atoms with Crippen molar-refractivity contribution in [2.45, 2.75) is 73.8 Å². The standard InChI is InChI=1S/C22H31NO.C3H4.C2H3N/c1-5-8-12-19(6-2)22-17(4)20-14-13-18(11-9-10-15-24)16-21(20)23(22)7-3;1-3-2;1-2-3/h6,8,12-14,16,24H,5,7,9-11,15H2,1-4H3;1H,2H3;1H3/b12-8-,19-6+;;. The first kappa shape index (κ1) is 27.2. The van der Waals surface area contributed by atoms with E-state index in [1.54, 1.807) is 13.0 Å². The topological polar surface area (TPSA) is 49.0 Å². The van der Waals surface area contributed by atoms with Gasteiger partial charge in [-0.15, -0.1) is 12.3 Å². The average Bonchev–Trinajstić information content (AvgIpc) is 3.01. The SMILES string of the molecule is C#CC.C/C=C(\C=C/CC)c1c(C)c2ccc(CCCCO)cc2n1CC.CC#N. The molecule has 0 radical (unpaired) electrons. The highest BCUT2D eigenvalue weighted by molar-refractivity contribution is 5.92. The lowest BCUT2D eigenvalue weighted by atomic mass is 10.0. The summed E-state index contributed by atoms with van der Waals surface area (Å²) in [6.45, 7) is 13.1.